The summed E-state index contributed by atoms with van der Waals surface area (Å²) in [7, 11) is 1.35. The first-order valence-corrected chi connectivity index (χ1v) is 4.85. The summed E-state index contributed by atoms with van der Waals surface area (Å²) in [6, 6.07) is 7.08. The average molecular weight is 217 g/mol. The molecule has 1 aliphatic heterocycles. The molecule has 16 heavy (non-hydrogen) atoms. The predicted octanol–water partition coefficient (Wildman–Crippen LogP) is 1.26. The number of hydrogen-bond donors (Lipinski definition) is 1. The summed E-state index contributed by atoms with van der Waals surface area (Å²) in [6.45, 7) is 1.92. The van der Waals surface area contributed by atoms with Crippen LogP contribution in [0.25, 0.3) is 5.57 Å². The van der Waals surface area contributed by atoms with Gasteiger partial charge in [-0.2, -0.15) is 0 Å². The molecular weight excluding hydrogens is 206 g/mol. The van der Waals surface area contributed by atoms with Gasteiger partial charge in [0.15, 0.2) is 5.76 Å². The zero-order chi connectivity index (χ0) is 11.9. The van der Waals surface area contributed by atoms with E-state index in [2.05, 4.69) is 0 Å². The highest BCUT2D eigenvalue weighted by Gasteiger charge is 2.36. The van der Waals surface area contributed by atoms with Gasteiger partial charge < -0.3 is 5.11 Å². The number of aliphatic hydroxyl groups excluding tert-OH is 1. The van der Waals surface area contributed by atoms with Crippen molar-refractivity contribution < 1.29 is 14.7 Å². The Hall–Kier alpha value is -2.10. The molecule has 82 valence electrons. The summed E-state index contributed by atoms with van der Waals surface area (Å²) in [5.41, 5.74) is 1.69. The fourth-order valence-electron chi connectivity index (χ4n) is 1.61. The van der Waals surface area contributed by atoms with Crippen LogP contribution >= 0.6 is 0 Å². The average Bonchev–Trinajstić information content (AvgIpc) is 2.46. The van der Waals surface area contributed by atoms with Crippen molar-refractivity contribution in [3.05, 3.63) is 41.2 Å². The van der Waals surface area contributed by atoms with E-state index in [4.69, 9.17) is 0 Å². The highest BCUT2D eigenvalue weighted by atomic mass is 16.3. The smallest absolute Gasteiger partial charge is 0.296 e. The van der Waals surface area contributed by atoms with Crippen LogP contribution in [-0.2, 0) is 9.59 Å². The summed E-state index contributed by atoms with van der Waals surface area (Å²) >= 11 is 0. The quantitative estimate of drug-likeness (QED) is 0.720. The van der Waals surface area contributed by atoms with E-state index in [1.807, 2.05) is 19.1 Å². The van der Waals surface area contributed by atoms with E-state index in [-0.39, 0.29) is 5.57 Å². The normalized spacial score (nSPS) is 16.2. The number of amides is 2. The lowest BCUT2D eigenvalue weighted by Crippen LogP contribution is -2.26. The van der Waals surface area contributed by atoms with Crippen LogP contribution in [0.2, 0.25) is 0 Å². The molecule has 1 aromatic rings. The molecule has 0 radical (unpaired) electrons. The van der Waals surface area contributed by atoms with Gasteiger partial charge in [0.2, 0.25) is 0 Å². The molecule has 1 aliphatic rings. The van der Waals surface area contributed by atoms with Crippen molar-refractivity contribution in [1.29, 1.82) is 0 Å². The van der Waals surface area contributed by atoms with Gasteiger partial charge in [-0.3, -0.25) is 14.5 Å². The highest BCUT2D eigenvalue weighted by molar-refractivity contribution is 6.34. The van der Waals surface area contributed by atoms with Crippen molar-refractivity contribution in [1.82, 2.24) is 4.90 Å². The van der Waals surface area contributed by atoms with Crippen LogP contribution < -0.4 is 0 Å². The summed E-state index contributed by atoms with van der Waals surface area (Å²) in [4.78, 5) is 24.0. The Morgan fingerprint density at radius 2 is 1.62 bits per heavy atom. The largest absolute Gasteiger partial charge is 0.502 e. The second-order valence-corrected chi connectivity index (χ2v) is 3.76. The Morgan fingerprint density at radius 1 is 1.06 bits per heavy atom. The first-order chi connectivity index (χ1) is 7.52. The molecule has 0 bridgehead atoms. The maximum Gasteiger partial charge on any atom is 0.296 e. The van der Waals surface area contributed by atoms with Crippen LogP contribution in [-0.4, -0.2) is 28.9 Å². The van der Waals surface area contributed by atoms with E-state index in [1.165, 1.54) is 7.05 Å². The zero-order valence-corrected chi connectivity index (χ0v) is 9.02. The van der Waals surface area contributed by atoms with Crippen molar-refractivity contribution >= 4 is 17.4 Å². The Kier molecular flexibility index (Phi) is 2.27. The fourth-order valence-corrected chi connectivity index (χ4v) is 1.61. The van der Waals surface area contributed by atoms with Gasteiger partial charge in [0.25, 0.3) is 11.8 Å². The lowest BCUT2D eigenvalue weighted by Gasteiger charge is -2.05. The molecule has 1 N–H and O–H groups in total. The van der Waals surface area contributed by atoms with Gasteiger partial charge in [-0.15, -0.1) is 0 Å². The number of hydrogen-bond acceptors (Lipinski definition) is 3. The van der Waals surface area contributed by atoms with E-state index in [9.17, 15) is 14.7 Å². The molecule has 2 rings (SSSR count). The molecule has 0 fully saturated rings. The standard InChI is InChI=1S/C12H11NO3/c1-7-3-5-8(6-4-7)9-10(14)12(16)13(2)11(9)15/h3-6,14H,1-2H3. The molecule has 0 atom stereocenters. The lowest BCUT2D eigenvalue weighted by molar-refractivity contribution is -0.136. The molecule has 4 heteroatoms. The minimum Gasteiger partial charge on any atom is -0.502 e. The van der Waals surface area contributed by atoms with E-state index < -0.39 is 17.6 Å². The second-order valence-electron chi connectivity index (χ2n) is 3.76. The molecule has 0 unspecified atom stereocenters. The first kappa shape index (κ1) is 10.4. The van der Waals surface area contributed by atoms with Crippen molar-refractivity contribution in [3.8, 4) is 0 Å². The maximum atomic E-state index is 11.7. The third-order valence-electron chi connectivity index (χ3n) is 2.60. The number of benzene rings is 1. The summed E-state index contributed by atoms with van der Waals surface area (Å²) < 4.78 is 0. The minimum atomic E-state index is -0.652. The SMILES string of the molecule is Cc1ccc(C2=C(O)C(=O)N(C)C2=O)cc1. The molecule has 1 heterocycles. The van der Waals surface area contributed by atoms with Crippen LogP contribution in [0.3, 0.4) is 0 Å². The highest BCUT2D eigenvalue weighted by Crippen LogP contribution is 2.26. The summed E-state index contributed by atoms with van der Waals surface area (Å²) in [6.07, 6.45) is 0. The van der Waals surface area contributed by atoms with Gasteiger partial charge in [-0.05, 0) is 12.5 Å². The van der Waals surface area contributed by atoms with E-state index >= 15 is 0 Å². The van der Waals surface area contributed by atoms with Crippen LogP contribution in [0.15, 0.2) is 30.0 Å². The predicted molar refractivity (Wildman–Crippen MR) is 58.5 cm³/mol. The topological polar surface area (TPSA) is 57.6 Å². The van der Waals surface area contributed by atoms with Gasteiger partial charge in [-0.1, -0.05) is 29.8 Å². The van der Waals surface area contributed by atoms with E-state index in [1.54, 1.807) is 12.1 Å². The molecule has 2 amide bonds. The van der Waals surface area contributed by atoms with Gasteiger partial charge in [0, 0.05) is 7.05 Å². The molecule has 0 aliphatic carbocycles. The molecule has 0 aromatic heterocycles. The molecule has 0 saturated heterocycles. The number of aryl methyl sites for hydroxylation is 1. The van der Waals surface area contributed by atoms with Crippen molar-refractivity contribution in [3.63, 3.8) is 0 Å². The fraction of sp³-hybridized carbons (Fsp3) is 0.167. The Labute approximate surface area is 92.8 Å². The third kappa shape index (κ3) is 1.39. The molecule has 0 saturated carbocycles. The van der Waals surface area contributed by atoms with Crippen LogP contribution in [0.4, 0.5) is 0 Å². The molecule has 0 spiro atoms. The first-order valence-electron chi connectivity index (χ1n) is 4.85. The number of rotatable bonds is 1. The Balaban J connectivity index is 2.52. The zero-order valence-electron chi connectivity index (χ0n) is 9.02. The maximum absolute atomic E-state index is 11.7. The minimum absolute atomic E-state index is 0.0764. The van der Waals surface area contributed by atoms with Crippen molar-refractivity contribution in [2.45, 2.75) is 6.92 Å². The van der Waals surface area contributed by atoms with Gasteiger partial charge in [-0.25, -0.2) is 0 Å². The monoisotopic (exact) mass is 217 g/mol. The van der Waals surface area contributed by atoms with Gasteiger partial charge in [0.05, 0.1) is 5.57 Å². The number of aliphatic hydroxyl groups is 1. The van der Waals surface area contributed by atoms with Crippen LogP contribution in [0.1, 0.15) is 11.1 Å². The number of nitrogens with zero attached hydrogens (tertiary/aromatic N) is 1. The van der Waals surface area contributed by atoms with Crippen molar-refractivity contribution in [2.75, 3.05) is 7.05 Å². The number of likely N-dealkylation sites (N-methyl/N-ethyl adjacent to an activating group) is 1. The van der Waals surface area contributed by atoms with Crippen LogP contribution in [0, 0.1) is 6.92 Å². The van der Waals surface area contributed by atoms with Crippen molar-refractivity contribution in [2.24, 2.45) is 0 Å². The molecule has 4 nitrogen and oxygen atoms in total. The number of carbonyl (C=O) groups excluding carboxylic acids is 2. The van der Waals surface area contributed by atoms with Gasteiger partial charge in [0.1, 0.15) is 0 Å². The molecular formula is C12H11NO3. The number of imide groups is 1. The lowest BCUT2D eigenvalue weighted by atomic mass is 10.0. The van der Waals surface area contributed by atoms with E-state index in [0.717, 1.165) is 10.5 Å². The number of carbonyl (C=O) groups is 2. The van der Waals surface area contributed by atoms with Gasteiger partial charge >= 0.3 is 0 Å². The summed E-state index contributed by atoms with van der Waals surface area (Å²) in [5.74, 6) is -1.59. The Morgan fingerprint density at radius 3 is 2.06 bits per heavy atom. The second kappa shape index (κ2) is 3.48. The molecule has 1 aromatic carbocycles. The summed E-state index contributed by atoms with van der Waals surface area (Å²) in [5, 5.41) is 9.59. The Bertz CT molecular complexity index is 500. The van der Waals surface area contributed by atoms with Crippen LogP contribution in [0.5, 0.6) is 0 Å². The third-order valence-corrected chi connectivity index (χ3v) is 2.60. The van der Waals surface area contributed by atoms with E-state index in [0.29, 0.717) is 5.56 Å².